The van der Waals surface area contributed by atoms with Crippen molar-refractivity contribution >= 4 is 5.91 Å². The molecular formula is C22H26F6N4O. The highest BCUT2D eigenvalue weighted by Crippen LogP contribution is 2.35. The monoisotopic (exact) mass is 476 g/mol. The summed E-state index contributed by atoms with van der Waals surface area (Å²) in [6, 6.07) is 3.36. The van der Waals surface area contributed by atoms with E-state index in [4.69, 9.17) is 0 Å². The predicted octanol–water partition coefficient (Wildman–Crippen LogP) is 5.15. The fourth-order valence-electron chi connectivity index (χ4n) is 4.04. The summed E-state index contributed by atoms with van der Waals surface area (Å²) in [5.41, 5.74) is -4.22. The summed E-state index contributed by atoms with van der Waals surface area (Å²) in [6.45, 7) is 7.69. The van der Waals surface area contributed by atoms with E-state index >= 15 is 0 Å². The maximum Gasteiger partial charge on any atom is 0.434 e. The van der Waals surface area contributed by atoms with Gasteiger partial charge in [-0.25, -0.2) is 4.68 Å². The van der Waals surface area contributed by atoms with E-state index in [1.54, 1.807) is 0 Å². The van der Waals surface area contributed by atoms with Crippen molar-refractivity contribution in [3.63, 3.8) is 0 Å². The molecule has 2 heterocycles. The van der Waals surface area contributed by atoms with Crippen molar-refractivity contribution in [2.45, 2.75) is 51.5 Å². The number of amides is 1. The van der Waals surface area contributed by atoms with Gasteiger partial charge in [0.25, 0.3) is 5.91 Å². The third-order valence-corrected chi connectivity index (χ3v) is 5.90. The zero-order valence-electron chi connectivity index (χ0n) is 18.5. The molecule has 1 fully saturated rings. The van der Waals surface area contributed by atoms with Crippen molar-refractivity contribution < 1.29 is 31.1 Å². The van der Waals surface area contributed by atoms with E-state index in [1.165, 1.54) is 0 Å². The number of halogens is 6. The lowest BCUT2D eigenvalue weighted by molar-refractivity contribution is -0.143. The number of alkyl halides is 6. The molecule has 3 rings (SSSR count). The minimum Gasteiger partial charge on any atom is -0.350 e. The van der Waals surface area contributed by atoms with E-state index in [2.05, 4.69) is 22.2 Å². The maximum absolute atomic E-state index is 13.9. The van der Waals surface area contributed by atoms with Crippen LogP contribution in [0.3, 0.4) is 0 Å². The Hall–Kier alpha value is -2.56. The minimum atomic E-state index is -5.02. The van der Waals surface area contributed by atoms with E-state index in [1.807, 2.05) is 13.8 Å². The van der Waals surface area contributed by atoms with Crippen LogP contribution in [0.4, 0.5) is 26.3 Å². The quantitative estimate of drug-likeness (QED) is 0.608. The zero-order valence-corrected chi connectivity index (χ0v) is 18.5. The SMILES string of the molecule is C[C@H]1CCCN(C(C)(C)CNC(=O)c2cnn(-c3cccc(C(F)(F)F)c3)c2C(F)(F)F)C1. The molecule has 1 aromatic carbocycles. The van der Waals surface area contributed by atoms with Crippen molar-refractivity contribution in [3.8, 4) is 5.69 Å². The first kappa shape index (κ1) is 25.1. The molecule has 11 heteroatoms. The number of benzene rings is 1. The van der Waals surface area contributed by atoms with Gasteiger partial charge in [0.1, 0.15) is 0 Å². The first-order valence-corrected chi connectivity index (χ1v) is 10.6. The van der Waals surface area contributed by atoms with Crippen LogP contribution in [0.1, 0.15) is 55.2 Å². The molecule has 33 heavy (non-hydrogen) atoms. The van der Waals surface area contributed by atoms with Gasteiger partial charge in [0.15, 0.2) is 5.69 Å². The summed E-state index contributed by atoms with van der Waals surface area (Å²) < 4.78 is 81.0. The summed E-state index contributed by atoms with van der Waals surface area (Å²) in [4.78, 5) is 14.9. The van der Waals surface area contributed by atoms with Gasteiger partial charge in [-0.3, -0.25) is 9.69 Å². The molecule has 0 saturated carbocycles. The molecule has 0 unspecified atom stereocenters. The molecule has 0 spiro atoms. The number of likely N-dealkylation sites (tertiary alicyclic amines) is 1. The topological polar surface area (TPSA) is 50.2 Å². The molecule has 1 amide bonds. The Morgan fingerprint density at radius 3 is 2.45 bits per heavy atom. The van der Waals surface area contributed by atoms with Crippen molar-refractivity contribution in [3.05, 3.63) is 47.3 Å². The van der Waals surface area contributed by atoms with E-state index in [0.29, 0.717) is 16.7 Å². The van der Waals surface area contributed by atoms with Crippen LogP contribution >= 0.6 is 0 Å². The van der Waals surface area contributed by atoms with Crippen LogP contribution in [-0.4, -0.2) is 45.8 Å². The van der Waals surface area contributed by atoms with Gasteiger partial charge in [-0.1, -0.05) is 13.0 Å². The number of hydrogen-bond acceptors (Lipinski definition) is 3. The fourth-order valence-corrected chi connectivity index (χ4v) is 4.04. The smallest absolute Gasteiger partial charge is 0.350 e. The number of carbonyl (C=O) groups excluding carboxylic acids is 1. The van der Waals surface area contributed by atoms with Crippen LogP contribution in [0, 0.1) is 5.92 Å². The number of aromatic nitrogens is 2. The van der Waals surface area contributed by atoms with Gasteiger partial charge in [-0.2, -0.15) is 31.4 Å². The van der Waals surface area contributed by atoms with Crippen molar-refractivity contribution in [2.24, 2.45) is 5.92 Å². The lowest BCUT2D eigenvalue weighted by Crippen LogP contribution is -2.54. The van der Waals surface area contributed by atoms with Gasteiger partial charge >= 0.3 is 12.4 Å². The highest BCUT2D eigenvalue weighted by molar-refractivity contribution is 5.95. The van der Waals surface area contributed by atoms with Crippen LogP contribution in [0.15, 0.2) is 30.5 Å². The number of piperidine rings is 1. The number of nitrogens with zero attached hydrogens (tertiary/aromatic N) is 3. The molecule has 2 aromatic rings. The average molecular weight is 476 g/mol. The Bertz CT molecular complexity index is 996. The molecule has 1 saturated heterocycles. The summed E-state index contributed by atoms with van der Waals surface area (Å²) in [5.74, 6) is -0.505. The minimum absolute atomic E-state index is 0.102. The second-order valence-corrected chi connectivity index (χ2v) is 9.05. The Kier molecular flexibility index (Phi) is 6.84. The zero-order chi connectivity index (χ0) is 24.6. The molecule has 182 valence electrons. The van der Waals surface area contributed by atoms with Crippen molar-refractivity contribution in [2.75, 3.05) is 19.6 Å². The Balaban J connectivity index is 1.87. The van der Waals surface area contributed by atoms with Gasteiger partial charge in [-0.05, 0) is 57.4 Å². The Morgan fingerprint density at radius 1 is 1.15 bits per heavy atom. The number of rotatable bonds is 5. The van der Waals surface area contributed by atoms with Gasteiger partial charge in [0.2, 0.25) is 0 Å². The molecule has 1 aliphatic rings. The molecule has 0 bridgehead atoms. The molecule has 1 atom stereocenters. The van der Waals surface area contributed by atoms with E-state index in [9.17, 15) is 31.1 Å². The number of hydrogen-bond donors (Lipinski definition) is 1. The summed E-state index contributed by atoms with van der Waals surface area (Å²) in [6.07, 6.45) is -6.92. The molecule has 0 radical (unpaired) electrons. The van der Waals surface area contributed by atoms with E-state index in [0.717, 1.165) is 50.3 Å². The predicted molar refractivity (Wildman–Crippen MR) is 110 cm³/mol. The lowest BCUT2D eigenvalue weighted by atomic mass is 9.93. The van der Waals surface area contributed by atoms with E-state index < -0.39 is 46.3 Å². The summed E-state index contributed by atoms with van der Waals surface area (Å²) in [5, 5.41) is 6.15. The normalized spacial score (nSPS) is 18.4. The maximum atomic E-state index is 13.9. The third-order valence-electron chi connectivity index (χ3n) is 5.90. The van der Waals surface area contributed by atoms with Gasteiger partial charge < -0.3 is 5.32 Å². The van der Waals surface area contributed by atoms with Gasteiger partial charge in [0.05, 0.1) is 23.0 Å². The first-order chi connectivity index (χ1) is 15.2. The Morgan fingerprint density at radius 2 is 1.85 bits per heavy atom. The van der Waals surface area contributed by atoms with Gasteiger partial charge in [0, 0.05) is 18.6 Å². The number of carbonyl (C=O) groups is 1. The molecule has 5 nitrogen and oxygen atoms in total. The van der Waals surface area contributed by atoms with Crippen molar-refractivity contribution in [1.82, 2.24) is 20.0 Å². The molecular weight excluding hydrogens is 450 g/mol. The van der Waals surface area contributed by atoms with E-state index in [-0.39, 0.29) is 6.54 Å². The molecule has 1 N–H and O–H groups in total. The second kappa shape index (κ2) is 9.00. The largest absolute Gasteiger partial charge is 0.434 e. The van der Waals surface area contributed by atoms with Crippen LogP contribution in [0.5, 0.6) is 0 Å². The lowest BCUT2D eigenvalue weighted by Gasteiger charge is -2.43. The molecule has 1 aliphatic heterocycles. The Labute approximate surface area is 187 Å². The van der Waals surface area contributed by atoms with Crippen molar-refractivity contribution in [1.29, 1.82) is 0 Å². The average Bonchev–Trinajstić information content (AvgIpc) is 3.17. The highest BCUT2D eigenvalue weighted by atomic mass is 19.4. The van der Waals surface area contributed by atoms with Crippen LogP contribution in [-0.2, 0) is 12.4 Å². The molecule has 0 aliphatic carbocycles. The van der Waals surface area contributed by atoms with Gasteiger partial charge in [-0.15, -0.1) is 0 Å². The van der Waals surface area contributed by atoms with Crippen LogP contribution in [0.2, 0.25) is 0 Å². The third kappa shape index (κ3) is 5.69. The summed E-state index contributed by atoms with van der Waals surface area (Å²) in [7, 11) is 0. The second-order valence-electron chi connectivity index (χ2n) is 9.05. The standard InChI is InChI=1S/C22H26F6N4O/c1-14-6-5-9-31(12-14)20(2,3)13-29-19(33)17-11-30-32(18(17)22(26,27)28)16-8-4-7-15(10-16)21(23,24)25/h4,7-8,10-11,14H,5-6,9,12-13H2,1-3H3,(H,29,33)/t14-/m0/s1. The fraction of sp³-hybridized carbons (Fsp3) is 0.545. The number of nitrogens with one attached hydrogen (secondary N) is 1. The van der Waals surface area contributed by atoms with Crippen LogP contribution in [0.25, 0.3) is 5.69 Å². The van der Waals surface area contributed by atoms with Crippen LogP contribution < -0.4 is 5.32 Å². The highest BCUT2D eigenvalue weighted by Gasteiger charge is 2.41. The molecule has 1 aromatic heterocycles. The summed E-state index contributed by atoms with van der Waals surface area (Å²) >= 11 is 0. The first-order valence-electron chi connectivity index (χ1n) is 10.6.